The summed E-state index contributed by atoms with van der Waals surface area (Å²) in [5.41, 5.74) is 4.81. The highest BCUT2D eigenvalue weighted by Gasteiger charge is 2.50. The minimum Gasteiger partial charge on any atom is -0.468 e. The Morgan fingerprint density at radius 1 is 1.00 bits per heavy atom. The molecule has 0 amide bonds. The topological polar surface area (TPSA) is 35.5 Å². The van der Waals surface area contributed by atoms with Crippen LogP contribution in [-0.4, -0.2) is 26.8 Å². The average molecular weight is 350 g/mol. The number of fused-ring (bicyclic) bond motifs is 3. The van der Waals surface area contributed by atoms with E-state index in [-0.39, 0.29) is 12.6 Å². The molecule has 4 rings (SSSR count). The van der Waals surface area contributed by atoms with E-state index in [1.807, 2.05) is 18.2 Å². The summed E-state index contributed by atoms with van der Waals surface area (Å²) in [6.45, 7) is 0.284. The van der Waals surface area contributed by atoms with Gasteiger partial charge in [0.25, 0.3) is 0 Å². The van der Waals surface area contributed by atoms with Crippen molar-refractivity contribution in [3.8, 4) is 11.1 Å². The van der Waals surface area contributed by atoms with E-state index in [1.165, 1.54) is 44.8 Å². The number of carbonyl (C=O) groups excluding carboxylic acids is 1. The molecule has 0 aromatic heterocycles. The van der Waals surface area contributed by atoms with E-state index in [4.69, 9.17) is 9.47 Å². The monoisotopic (exact) mass is 350 g/mol. The van der Waals surface area contributed by atoms with Crippen molar-refractivity contribution in [2.24, 2.45) is 0 Å². The minimum absolute atomic E-state index is 0.254. The molecule has 1 fully saturated rings. The van der Waals surface area contributed by atoms with Crippen LogP contribution < -0.4 is 0 Å². The van der Waals surface area contributed by atoms with Crippen molar-refractivity contribution < 1.29 is 14.3 Å². The van der Waals surface area contributed by atoms with Gasteiger partial charge in [0.2, 0.25) is 0 Å². The molecule has 0 radical (unpaired) electrons. The van der Waals surface area contributed by atoms with Crippen LogP contribution in [0.1, 0.15) is 54.7 Å². The Labute approximate surface area is 155 Å². The van der Waals surface area contributed by atoms with Gasteiger partial charge in [-0.05, 0) is 46.6 Å². The molecular weight excluding hydrogens is 324 g/mol. The average Bonchev–Trinajstić information content (AvgIpc) is 2.99. The summed E-state index contributed by atoms with van der Waals surface area (Å²) in [4.78, 5) is 12.9. The fourth-order valence-electron chi connectivity index (χ4n) is 4.91. The van der Waals surface area contributed by atoms with Crippen LogP contribution in [0.15, 0.2) is 42.5 Å². The van der Waals surface area contributed by atoms with Crippen molar-refractivity contribution in [1.82, 2.24) is 0 Å². The molecule has 1 unspecified atom stereocenters. The highest BCUT2D eigenvalue weighted by atomic mass is 16.5. The van der Waals surface area contributed by atoms with Crippen LogP contribution in [0, 0.1) is 0 Å². The number of hydrogen-bond acceptors (Lipinski definition) is 3. The van der Waals surface area contributed by atoms with Gasteiger partial charge in [-0.25, -0.2) is 0 Å². The summed E-state index contributed by atoms with van der Waals surface area (Å²) in [6, 6.07) is 14.8. The van der Waals surface area contributed by atoms with E-state index in [0.29, 0.717) is 5.92 Å². The van der Waals surface area contributed by atoms with Gasteiger partial charge in [0.15, 0.2) is 0 Å². The maximum Gasteiger partial charge on any atom is 0.323 e. The molecule has 0 heterocycles. The van der Waals surface area contributed by atoms with Gasteiger partial charge in [-0.1, -0.05) is 61.7 Å². The second kappa shape index (κ2) is 6.88. The van der Waals surface area contributed by atoms with E-state index >= 15 is 0 Å². The standard InChI is InChI=1S/C23H26O3/c1-25-15-23(22(24)26-2)20-11-7-6-10-18(20)19-14-17(12-13-21(19)23)16-8-4-3-5-9-16/h6-7,10-14,16H,3-5,8-9,15H2,1-2H3. The summed E-state index contributed by atoms with van der Waals surface area (Å²) >= 11 is 0. The molecule has 2 aromatic carbocycles. The zero-order chi connectivity index (χ0) is 18.1. The Morgan fingerprint density at radius 3 is 2.46 bits per heavy atom. The van der Waals surface area contributed by atoms with Gasteiger partial charge in [0.1, 0.15) is 5.41 Å². The van der Waals surface area contributed by atoms with Crippen LogP contribution in [-0.2, 0) is 19.7 Å². The lowest BCUT2D eigenvalue weighted by molar-refractivity contribution is -0.147. The van der Waals surface area contributed by atoms with Gasteiger partial charge in [-0.2, -0.15) is 0 Å². The maximum atomic E-state index is 12.9. The van der Waals surface area contributed by atoms with Crippen LogP contribution >= 0.6 is 0 Å². The van der Waals surface area contributed by atoms with Gasteiger partial charge in [-0.3, -0.25) is 4.79 Å². The second-order valence-corrected chi connectivity index (χ2v) is 7.52. The number of benzene rings is 2. The van der Waals surface area contributed by atoms with Crippen LogP contribution in [0.2, 0.25) is 0 Å². The van der Waals surface area contributed by atoms with Crippen molar-refractivity contribution in [2.45, 2.75) is 43.4 Å². The van der Waals surface area contributed by atoms with Crippen LogP contribution in [0.4, 0.5) is 0 Å². The zero-order valence-corrected chi connectivity index (χ0v) is 15.6. The molecular formula is C23H26O3. The summed E-state index contributed by atoms with van der Waals surface area (Å²) in [5, 5.41) is 0. The smallest absolute Gasteiger partial charge is 0.323 e. The quantitative estimate of drug-likeness (QED) is 0.742. The lowest BCUT2D eigenvalue weighted by atomic mass is 9.77. The van der Waals surface area contributed by atoms with Crippen LogP contribution in [0.3, 0.4) is 0 Å². The van der Waals surface area contributed by atoms with Crippen molar-refractivity contribution >= 4 is 5.97 Å². The largest absolute Gasteiger partial charge is 0.468 e. The van der Waals surface area contributed by atoms with Gasteiger partial charge >= 0.3 is 5.97 Å². The lowest BCUT2D eigenvalue weighted by Crippen LogP contribution is -2.40. The third-order valence-electron chi connectivity index (χ3n) is 6.15. The van der Waals surface area contributed by atoms with E-state index in [2.05, 4.69) is 24.3 Å². The molecule has 1 saturated carbocycles. The number of esters is 1. The Kier molecular flexibility index (Phi) is 4.58. The van der Waals surface area contributed by atoms with E-state index in [0.717, 1.165) is 22.3 Å². The molecule has 2 aliphatic rings. The second-order valence-electron chi connectivity index (χ2n) is 7.52. The fourth-order valence-corrected chi connectivity index (χ4v) is 4.91. The van der Waals surface area contributed by atoms with Crippen LogP contribution in [0.5, 0.6) is 0 Å². The third-order valence-corrected chi connectivity index (χ3v) is 6.15. The van der Waals surface area contributed by atoms with Crippen molar-refractivity contribution in [3.63, 3.8) is 0 Å². The minimum atomic E-state index is -0.874. The van der Waals surface area contributed by atoms with Crippen molar-refractivity contribution in [1.29, 1.82) is 0 Å². The number of rotatable bonds is 4. The van der Waals surface area contributed by atoms with Crippen molar-refractivity contribution in [3.05, 3.63) is 59.2 Å². The molecule has 0 N–H and O–H groups in total. The Balaban J connectivity index is 1.89. The summed E-state index contributed by atoms with van der Waals surface area (Å²) in [7, 11) is 3.10. The van der Waals surface area contributed by atoms with E-state index in [1.54, 1.807) is 7.11 Å². The van der Waals surface area contributed by atoms with Crippen LogP contribution in [0.25, 0.3) is 11.1 Å². The number of methoxy groups -OCH3 is 2. The fraction of sp³-hybridized carbons (Fsp3) is 0.435. The highest BCUT2D eigenvalue weighted by molar-refractivity contribution is 5.98. The summed E-state index contributed by atoms with van der Waals surface area (Å²) in [5.74, 6) is 0.382. The number of ether oxygens (including phenoxy) is 2. The molecule has 0 aliphatic heterocycles. The SMILES string of the molecule is COCC1(C(=O)OC)c2ccccc2-c2cc(C3CCCCC3)ccc21. The first kappa shape index (κ1) is 17.3. The van der Waals surface area contributed by atoms with Gasteiger partial charge in [-0.15, -0.1) is 0 Å². The van der Waals surface area contributed by atoms with Gasteiger partial charge < -0.3 is 9.47 Å². The maximum absolute atomic E-state index is 12.9. The molecule has 0 bridgehead atoms. The molecule has 3 heteroatoms. The predicted octanol–water partition coefficient (Wildman–Crippen LogP) is 4.82. The zero-order valence-electron chi connectivity index (χ0n) is 15.6. The molecule has 136 valence electrons. The molecule has 1 atom stereocenters. The van der Waals surface area contributed by atoms with E-state index in [9.17, 15) is 4.79 Å². The number of carbonyl (C=O) groups is 1. The molecule has 26 heavy (non-hydrogen) atoms. The van der Waals surface area contributed by atoms with Gasteiger partial charge in [0, 0.05) is 7.11 Å². The Morgan fingerprint density at radius 2 is 1.73 bits per heavy atom. The summed E-state index contributed by atoms with van der Waals surface area (Å²) in [6.07, 6.45) is 6.51. The molecule has 2 aliphatic carbocycles. The lowest BCUT2D eigenvalue weighted by Gasteiger charge is -2.28. The Hall–Kier alpha value is -2.13. The first-order valence-corrected chi connectivity index (χ1v) is 9.54. The molecule has 3 nitrogen and oxygen atoms in total. The molecule has 2 aromatic rings. The normalized spacial score (nSPS) is 21.9. The Bertz CT molecular complexity index is 820. The third kappa shape index (κ3) is 2.49. The molecule has 0 spiro atoms. The summed E-state index contributed by atoms with van der Waals surface area (Å²) < 4.78 is 10.7. The van der Waals surface area contributed by atoms with Crippen molar-refractivity contribution in [2.75, 3.05) is 20.8 Å². The highest BCUT2D eigenvalue weighted by Crippen LogP contribution is 2.51. The number of hydrogen-bond donors (Lipinski definition) is 0. The van der Waals surface area contributed by atoms with E-state index < -0.39 is 5.41 Å². The molecule has 0 saturated heterocycles. The first-order valence-electron chi connectivity index (χ1n) is 9.54. The predicted molar refractivity (Wildman–Crippen MR) is 102 cm³/mol. The first-order chi connectivity index (χ1) is 12.7. The van der Waals surface area contributed by atoms with Gasteiger partial charge in [0.05, 0.1) is 13.7 Å².